The standard InChI is InChI=1S/C10H19N3O/c1-3-12-9(2)8-10(14)13-7-5-4-6-11/h9,12H,3-5,7-8H2,1-2H3,(H,13,14). The lowest BCUT2D eigenvalue weighted by atomic mass is 10.2. The van der Waals surface area contributed by atoms with Crippen LogP contribution in [0.4, 0.5) is 0 Å². The van der Waals surface area contributed by atoms with Crippen LogP contribution in [0, 0.1) is 11.3 Å². The highest BCUT2D eigenvalue weighted by Gasteiger charge is 2.06. The first kappa shape index (κ1) is 12.9. The summed E-state index contributed by atoms with van der Waals surface area (Å²) in [6.07, 6.45) is 1.74. The van der Waals surface area contributed by atoms with Crippen LogP contribution in [0.1, 0.15) is 33.1 Å². The Bertz CT molecular complexity index is 198. The summed E-state index contributed by atoms with van der Waals surface area (Å²) in [6.45, 7) is 5.48. The van der Waals surface area contributed by atoms with E-state index >= 15 is 0 Å². The molecule has 0 heterocycles. The van der Waals surface area contributed by atoms with Gasteiger partial charge in [-0.3, -0.25) is 4.79 Å². The zero-order valence-corrected chi connectivity index (χ0v) is 8.97. The van der Waals surface area contributed by atoms with Gasteiger partial charge in [0.05, 0.1) is 6.07 Å². The van der Waals surface area contributed by atoms with Crippen LogP contribution in [0.5, 0.6) is 0 Å². The fourth-order valence-electron chi connectivity index (χ4n) is 1.17. The number of hydrogen-bond donors (Lipinski definition) is 2. The number of carbonyl (C=O) groups excluding carboxylic acids is 1. The Morgan fingerprint density at radius 2 is 2.29 bits per heavy atom. The van der Waals surface area contributed by atoms with Crippen LogP contribution in [0.25, 0.3) is 0 Å². The number of nitrogens with one attached hydrogen (secondary N) is 2. The first-order valence-electron chi connectivity index (χ1n) is 5.07. The SMILES string of the molecule is CCNC(C)CC(=O)NCCCC#N. The van der Waals surface area contributed by atoms with Gasteiger partial charge in [0.25, 0.3) is 0 Å². The van der Waals surface area contributed by atoms with Gasteiger partial charge in [0.2, 0.25) is 5.91 Å². The fraction of sp³-hybridized carbons (Fsp3) is 0.800. The number of amides is 1. The van der Waals surface area contributed by atoms with Gasteiger partial charge in [0.15, 0.2) is 0 Å². The smallest absolute Gasteiger partial charge is 0.221 e. The molecule has 0 radical (unpaired) electrons. The van der Waals surface area contributed by atoms with Crippen molar-refractivity contribution in [2.75, 3.05) is 13.1 Å². The maximum absolute atomic E-state index is 11.3. The van der Waals surface area contributed by atoms with Crippen LogP contribution in [0.3, 0.4) is 0 Å². The van der Waals surface area contributed by atoms with Gasteiger partial charge in [0.1, 0.15) is 0 Å². The molecule has 4 heteroatoms. The highest BCUT2D eigenvalue weighted by molar-refractivity contribution is 5.76. The molecule has 0 aromatic heterocycles. The Hall–Kier alpha value is -1.08. The normalized spacial score (nSPS) is 11.8. The summed E-state index contributed by atoms with van der Waals surface area (Å²) in [5.41, 5.74) is 0. The van der Waals surface area contributed by atoms with Gasteiger partial charge < -0.3 is 10.6 Å². The molecular weight excluding hydrogens is 178 g/mol. The van der Waals surface area contributed by atoms with Gasteiger partial charge in [-0.1, -0.05) is 6.92 Å². The van der Waals surface area contributed by atoms with Crippen molar-refractivity contribution in [1.82, 2.24) is 10.6 Å². The molecule has 1 amide bonds. The van der Waals surface area contributed by atoms with Crippen LogP contribution in [-0.4, -0.2) is 25.0 Å². The molecule has 1 unspecified atom stereocenters. The molecule has 0 aromatic rings. The average molecular weight is 197 g/mol. The molecule has 80 valence electrons. The zero-order valence-electron chi connectivity index (χ0n) is 8.97. The maximum Gasteiger partial charge on any atom is 0.221 e. The van der Waals surface area contributed by atoms with Crippen LogP contribution in [-0.2, 0) is 4.79 Å². The highest BCUT2D eigenvalue weighted by Crippen LogP contribution is 1.90. The van der Waals surface area contributed by atoms with E-state index in [2.05, 4.69) is 10.6 Å². The second-order valence-corrected chi connectivity index (χ2v) is 3.27. The third kappa shape index (κ3) is 7.56. The van der Waals surface area contributed by atoms with Gasteiger partial charge in [-0.25, -0.2) is 0 Å². The molecule has 0 aliphatic carbocycles. The van der Waals surface area contributed by atoms with Crippen LogP contribution >= 0.6 is 0 Å². The van der Waals surface area contributed by atoms with Crippen molar-refractivity contribution >= 4 is 5.91 Å². The first-order chi connectivity index (χ1) is 6.70. The molecule has 0 saturated heterocycles. The number of unbranched alkanes of at least 4 members (excludes halogenated alkanes) is 1. The molecule has 0 aromatic carbocycles. The summed E-state index contributed by atoms with van der Waals surface area (Å²) >= 11 is 0. The molecule has 0 fully saturated rings. The molecule has 2 N–H and O–H groups in total. The van der Waals surface area contributed by atoms with E-state index in [9.17, 15) is 4.79 Å². The summed E-state index contributed by atoms with van der Waals surface area (Å²) in [6, 6.07) is 2.26. The summed E-state index contributed by atoms with van der Waals surface area (Å²) in [5.74, 6) is 0.0522. The Kier molecular flexibility index (Phi) is 7.86. The Balaban J connectivity index is 3.41. The van der Waals surface area contributed by atoms with E-state index in [4.69, 9.17) is 5.26 Å². The second kappa shape index (κ2) is 8.52. The summed E-state index contributed by atoms with van der Waals surface area (Å²) in [4.78, 5) is 11.3. The summed E-state index contributed by atoms with van der Waals surface area (Å²) in [7, 11) is 0. The third-order valence-electron chi connectivity index (χ3n) is 1.83. The van der Waals surface area contributed by atoms with E-state index in [1.165, 1.54) is 0 Å². The first-order valence-corrected chi connectivity index (χ1v) is 5.07. The number of carbonyl (C=O) groups is 1. The fourth-order valence-corrected chi connectivity index (χ4v) is 1.17. The van der Waals surface area contributed by atoms with Crippen molar-refractivity contribution in [1.29, 1.82) is 5.26 Å². The summed E-state index contributed by atoms with van der Waals surface area (Å²) < 4.78 is 0. The molecule has 0 rings (SSSR count). The quantitative estimate of drug-likeness (QED) is 0.593. The minimum Gasteiger partial charge on any atom is -0.356 e. The molecule has 14 heavy (non-hydrogen) atoms. The lowest BCUT2D eigenvalue weighted by Gasteiger charge is -2.11. The van der Waals surface area contributed by atoms with Gasteiger partial charge >= 0.3 is 0 Å². The van der Waals surface area contributed by atoms with Gasteiger partial charge in [0, 0.05) is 25.4 Å². The Morgan fingerprint density at radius 3 is 2.86 bits per heavy atom. The topological polar surface area (TPSA) is 64.9 Å². The minimum absolute atomic E-state index is 0.0522. The van der Waals surface area contributed by atoms with Crippen molar-refractivity contribution in [3.05, 3.63) is 0 Å². The maximum atomic E-state index is 11.3. The van der Waals surface area contributed by atoms with E-state index in [0.29, 0.717) is 19.4 Å². The number of hydrogen-bond acceptors (Lipinski definition) is 3. The third-order valence-corrected chi connectivity index (χ3v) is 1.83. The molecule has 4 nitrogen and oxygen atoms in total. The van der Waals surface area contributed by atoms with E-state index in [-0.39, 0.29) is 11.9 Å². The predicted molar refractivity (Wildman–Crippen MR) is 55.6 cm³/mol. The monoisotopic (exact) mass is 197 g/mol. The van der Waals surface area contributed by atoms with Crippen LogP contribution in [0.2, 0.25) is 0 Å². The molecule has 0 aliphatic rings. The van der Waals surface area contributed by atoms with E-state index < -0.39 is 0 Å². The zero-order chi connectivity index (χ0) is 10.8. The Morgan fingerprint density at radius 1 is 1.57 bits per heavy atom. The minimum atomic E-state index is 0.0522. The highest BCUT2D eigenvalue weighted by atomic mass is 16.1. The molecule has 0 saturated carbocycles. The van der Waals surface area contributed by atoms with E-state index in [1.807, 2.05) is 19.9 Å². The van der Waals surface area contributed by atoms with Gasteiger partial charge in [-0.15, -0.1) is 0 Å². The van der Waals surface area contributed by atoms with E-state index in [1.54, 1.807) is 0 Å². The number of rotatable bonds is 7. The van der Waals surface area contributed by atoms with Crippen LogP contribution in [0.15, 0.2) is 0 Å². The van der Waals surface area contributed by atoms with Crippen molar-refractivity contribution in [3.8, 4) is 6.07 Å². The molecule has 1 atom stereocenters. The predicted octanol–water partition coefficient (Wildman–Crippen LogP) is 0.794. The number of nitriles is 1. The summed E-state index contributed by atoms with van der Waals surface area (Å²) in [5, 5.41) is 14.2. The molecule has 0 bridgehead atoms. The van der Waals surface area contributed by atoms with Crippen molar-refractivity contribution in [2.24, 2.45) is 0 Å². The van der Waals surface area contributed by atoms with E-state index in [0.717, 1.165) is 13.0 Å². The van der Waals surface area contributed by atoms with Crippen molar-refractivity contribution in [2.45, 2.75) is 39.2 Å². The molecule has 0 aliphatic heterocycles. The second-order valence-electron chi connectivity index (χ2n) is 3.27. The Labute approximate surface area is 85.7 Å². The van der Waals surface area contributed by atoms with Crippen LogP contribution < -0.4 is 10.6 Å². The van der Waals surface area contributed by atoms with Crippen molar-refractivity contribution < 1.29 is 4.79 Å². The largest absolute Gasteiger partial charge is 0.356 e. The lowest BCUT2D eigenvalue weighted by molar-refractivity contribution is -0.121. The average Bonchev–Trinajstić information content (AvgIpc) is 2.13. The van der Waals surface area contributed by atoms with Crippen molar-refractivity contribution in [3.63, 3.8) is 0 Å². The van der Waals surface area contributed by atoms with Gasteiger partial charge in [-0.05, 0) is 19.9 Å². The lowest BCUT2D eigenvalue weighted by Crippen LogP contribution is -2.34. The number of nitrogens with zero attached hydrogens (tertiary/aromatic N) is 1. The molecular formula is C10H19N3O. The molecule has 0 spiro atoms. The van der Waals surface area contributed by atoms with Gasteiger partial charge in [-0.2, -0.15) is 5.26 Å².